The van der Waals surface area contributed by atoms with Crippen LogP contribution in [0.4, 0.5) is 10.5 Å². The van der Waals surface area contributed by atoms with E-state index in [1.807, 2.05) is 26.0 Å². The van der Waals surface area contributed by atoms with E-state index in [0.717, 1.165) is 23.3 Å². The molecule has 10 nitrogen and oxygen atoms in total. The average molecular weight is 474 g/mol. The Hall–Kier alpha value is -4.47. The van der Waals surface area contributed by atoms with Crippen LogP contribution in [0.1, 0.15) is 26.7 Å². The van der Waals surface area contributed by atoms with E-state index in [1.165, 1.54) is 0 Å². The molecule has 4 aromatic rings. The number of anilines is 1. The topological polar surface area (TPSA) is 115 Å². The number of nitrogens with zero attached hydrogens (tertiary/aromatic N) is 4. The zero-order chi connectivity index (χ0) is 24.7. The van der Waals surface area contributed by atoms with Gasteiger partial charge in [-0.3, -0.25) is 9.59 Å². The third kappa shape index (κ3) is 3.82. The monoisotopic (exact) mass is 474 g/mol. The highest BCUT2D eigenvalue weighted by Gasteiger charge is 2.34. The van der Waals surface area contributed by atoms with E-state index in [0.29, 0.717) is 27.1 Å². The van der Waals surface area contributed by atoms with Gasteiger partial charge in [0.15, 0.2) is 5.82 Å². The molecule has 0 unspecified atom stereocenters. The molecule has 3 heterocycles. The molecule has 0 N–H and O–H groups in total. The Bertz CT molecular complexity index is 1530. The minimum atomic E-state index is -1.03. The van der Waals surface area contributed by atoms with Crippen molar-refractivity contribution in [3.05, 3.63) is 59.0 Å². The number of carbonyl (C=O) groups excluding carboxylic acids is 3. The highest BCUT2D eigenvalue weighted by atomic mass is 16.7. The number of hydrogen-bond donors (Lipinski definition) is 0. The molecule has 1 aliphatic rings. The van der Waals surface area contributed by atoms with Gasteiger partial charge in [0.25, 0.3) is 11.8 Å². The number of aromatic nitrogens is 2. The minimum Gasteiger partial charge on any atom is -0.422 e. The highest BCUT2D eigenvalue weighted by Crippen LogP contribution is 2.28. The fourth-order valence-corrected chi connectivity index (χ4v) is 4.21. The SMILES string of the molecule is CCN(CC)c1ccc2cc(-c3nc4ccccc4n3C(=O)ON3C(=O)CCC3=O)c(=O)oc2c1. The molecule has 0 spiro atoms. The molecular weight excluding hydrogens is 452 g/mol. The number of fused-ring (bicyclic) bond motifs is 2. The van der Waals surface area contributed by atoms with E-state index in [2.05, 4.69) is 9.88 Å². The summed E-state index contributed by atoms with van der Waals surface area (Å²) in [5.41, 5.74) is 1.46. The Labute approximate surface area is 199 Å². The Morgan fingerprint density at radius 1 is 1.03 bits per heavy atom. The van der Waals surface area contributed by atoms with Crippen LogP contribution in [-0.4, -0.2) is 45.6 Å². The first-order valence-corrected chi connectivity index (χ1v) is 11.3. The molecule has 0 atom stereocenters. The lowest BCUT2D eigenvalue weighted by molar-refractivity contribution is -0.171. The second kappa shape index (κ2) is 8.71. The van der Waals surface area contributed by atoms with Crippen LogP contribution >= 0.6 is 0 Å². The molecule has 2 aromatic heterocycles. The van der Waals surface area contributed by atoms with Crippen LogP contribution < -0.4 is 10.5 Å². The van der Waals surface area contributed by atoms with Gasteiger partial charge in [0.1, 0.15) is 11.1 Å². The van der Waals surface area contributed by atoms with Crippen molar-refractivity contribution < 1.29 is 23.6 Å². The van der Waals surface area contributed by atoms with Crippen molar-refractivity contribution in [2.24, 2.45) is 0 Å². The number of para-hydroxylation sites is 2. The number of hydrogen-bond acceptors (Lipinski definition) is 8. The summed E-state index contributed by atoms with van der Waals surface area (Å²) in [7, 11) is 0. The van der Waals surface area contributed by atoms with Gasteiger partial charge in [0.05, 0.1) is 11.0 Å². The van der Waals surface area contributed by atoms with Crippen molar-refractivity contribution in [1.82, 2.24) is 14.6 Å². The van der Waals surface area contributed by atoms with Crippen LogP contribution in [-0.2, 0) is 14.4 Å². The predicted octanol–water partition coefficient (Wildman–Crippen LogP) is 3.70. The lowest BCUT2D eigenvalue weighted by atomic mass is 10.1. The van der Waals surface area contributed by atoms with E-state index in [4.69, 9.17) is 9.25 Å². The van der Waals surface area contributed by atoms with E-state index < -0.39 is 23.5 Å². The van der Waals surface area contributed by atoms with Gasteiger partial charge in [-0.15, -0.1) is 5.06 Å². The molecular formula is C25H22N4O6. The van der Waals surface area contributed by atoms with E-state index in [1.54, 1.807) is 36.4 Å². The first-order valence-electron chi connectivity index (χ1n) is 11.3. The second-order valence-electron chi connectivity index (χ2n) is 8.04. The molecule has 0 aliphatic carbocycles. The molecule has 10 heteroatoms. The molecule has 1 aliphatic heterocycles. The number of benzene rings is 2. The Balaban J connectivity index is 1.63. The Morgan fingerprint density at radius 3 is 2.46 bits per heavy atom. The zero-order valence-electron chi connectivity index (χ0n) is 19.2. The third-order valence-corrected chi connectivity index (χ3v) is 6.01. The van der Waals surface area contributed by atoms with Gasteiger partial charge in [-0.1, -0.05) is 12.1 Å². The third-order valence-electron chi connectivity index (χ3n) is 6.01. The summed E-state index contributed by atoms with van der Waals surface area (Å²) in [5.74, 6) is -1.23. The Kier molecular flexibility index (Phi) is 5.56. The van der Waals surface area contributed by atoms with Crippen molar-refractivity contribution in [2.45, 2.75) is 26.7 Å². The molecule has 35 heavy (non-hydrogen) atoms. The first kappa shape index (κ1) is 22.3. The summed E-state index contributed by atoms with van der Waals surface area (Å²) in [6.45, 7) is 5.69. The number of imidazole rings is 1. The molecule has 2 amide bonds. The molecule has 5 rings (SSSR count). The van der Waals surface area contributed by atoms with Gasteiger partial charge in [-0.25, -0.2) is 19.1 Å². The molecule has 0 radical (unpaired) electrons. The molecule has 0 bridgehead atoms. The van der Waals surface area contributed by atoms with Crippen LogP contribution in [0.3, 0.4) is 0 Å². The van der Waals surface area contributed by atoms with Gasteiger partial charge >= 0.3 is 11.7 Å². The van der Waals surface area contributed by atoms with E-state index >= 15 is 0 Å². The maximum Gasteiger partial charge on any atom is 0.445 e. The number of rotatable bonds is 5. The van der Waals surface area contributed by atoms with Crippen LogP contribution in [0.2, 0.25) is 0 Å². The largest absolute Gasteiger partial charge is 0.445 e. The maximum absolute atomic E-state index is 13.1. The van der Waals surface area contributed by atoms with Gasteiger partial charge < -0.3 is 14.2 Å². The van der Waals surface area contributed by atoms with E-state index in [-0.39, 0.29) is 24.2 Å². The van der Waals surface area contributed by atoms with Crippen LogP contribution in [0, 0.1) is 0 Å². The van der Waals surface area contributed by atoms with Gasteiger partial charge in [0, 0.05) is 43.1 Å². The molecule has 0 saturated carbocycles. The van der Waals surface area contributed by atoms with Gasteiger partial charge in [-0.2, -0.15) is 0 Å². The number of carbonyl (C=O) groups is 3. The van der Waals surface area contributed by atoms with Crippen LogP contribution in [0.15, 0.2) is 57.7 Å². The molecule has 1 saturated heterocycles. The van der Waals surface area contributed by atoms with Crippen LogP contribution in [0.25, 0.3) is 33.4 Å². The van der Waals surface area contributed by atoms with Gasteiger partial charge in [0.2, 0.25) is 0 Å². The summed E-state index contributed by atoms with van der Waals surface area (Å²) < 4.78 is 6.69. The predicted molar refractivity (Wildman–Crippen MR) is 128 cm³/mol. The first-order chi connectivity index (χ1) is 16.9. The minimum absolute atomic E-state index is 0.0150. The second-order valence-corrected chi connectivity index (χ2v) is 8.04. The zero-order valence-corrected chi connectivity index (χ0v) is 19.2. The van der Waals surface area contributed by atoms with Crippen molar-refractivity contribution in [3.63, 3.8) is 0 Å². The Morgan fingerprint density at radius 2 is 1.74 bits per heavy atom. The van der Waals surface area contributed by atoms with Crippen molar-refractivity contribution in [3.8, 4) is 11.4 Å². The van der Waals surface area contributed by atoms with Crippen molar-refractivity contribution in [2.75, 3.05) is 18.0 Å². The number of imide groups is 1. The van der Waals surface area contributed by atoms with E-state index in [9.17, 15) is 19.2 Å². The molecule has 1 fully saturated rings. The standard InChI is InChI=1S/C25H22N4O6/c1-3-27(4-2)16-10-9-15-13-17(24(32)34-20(15)14-16)23-26-18-7-5-6-8-19(18)28(23)25(33)35-29-21(30)11-12-22(29)31/h5-10,13-14H,3-4,11-12H2,1-2H3. The maximum atomic E-state index is 13.1. The number of amides is 2. The van der Waals surface area contributed by atoms with Crippen LogP contribution in [0.5, 0.6) is 0 Å². The normalized spacial score (nSPS) is 13.7. The summed E-state index contributed by atoms with van der Waals surface area (Å²) in [4.78, 5) is 61.8. The lowest BCUT2D eigenvalue weighted by Crippen LogP contribution is -2.34. The summed E-state index contributed by atoms with van der Waals surface area (Å²) in [6, 6.07) is 13.9. The fourth-order valence-electron chi connectivity index (χ4n) is 4.21. The molecule has 178 valence electrons. The summed E-state index contributed by atoms with van der Waals surface area (Å²) in [5, 5.41) is 1.10. The quantitative estimate of drug-likeness (QED) is 0.318. The number of hydroxylamine groups is 2. The summed E-state index contributed by atoms with van der Waals surface area (Å²) >= 11 is 0. The smallest absolute Gasteiger partial charge is 0.422 e. The van der Waals surface area contributed by atoms with Gasteiger partial charge in [-0.05, 0) is 44.2 Å². The fraction of sp³-hybridized carbons (Fsp3) is 0.240. The van der Waals surface area contributed by atoms with Crippen molar-refractivity contribution >= 4 is 45.6 Å². The highest BCUT2D eigenvalue weighted by molar-refractivity contribution is 6.02. The van der Waals surface area contributed by atoms with Crippen molar-refractivity contribution in [1.29, 1.82) is 0 Å². The summed E-state index contributed by atoms with van der Waals surface area (Å²) in [6.07, 6.45) is -1.10. The average Bonchev–Trinajstić information content (AvgIpc) is 3.39. The lowest BCUT2D eigenvalue weighted by Gasteiger charge is -2.21. The molecule has 2 aromatic carbocycles.